The van der Waals surface area contributed by atoms with Gasteiger partial charge in [0.25, 0.3) is 0 Å². The second-order valence-corrected chi connectivity index (χ2v) is 7.58. The summed E-state index contributed by atoms with van der Waals surface area (Å²) >= 11 is 0. The quantitative estimate of drug-likeness (QED) is 0.729. The van der Waals surface area contributed by atoms with Gasteiger partial charge in [0.1, 0.15) is 18.9 Å². The van der Waals surface area contributed by atoms with Crippen molar-refractivity contribution < 1.29 is 19.0 Å². The van der Waals surface area contributed by atoms with Crippen LogP contribution in [0.25, 0.3) is 0 Å². The summed E-state index contributed by atoms with van der Waals surface area (Å²) in [4.78, 5) is 6.73. The molecule has 152 valence electrons. The smallest absolute Gasteiger partial charge is 0.238 e. The van der Waals surface area contributed by atoms with E-state index >= 15 is 0 Å². The third-order valence-corrected chi connectivity index (χ3v) is 4.34. The molecule has 0 atom stereocenters. The van der Waals surface area contributed by atoms with Crippen LogP contribution in [0.5, 0.6) is 5.88 Å². The highest BCUT2D eigenvalue weighted by Crippen LogP contribution is 2.25. The van der Waals surface area contributed by atoms with Crippen molar-refractivity contribution in [1.29, 1.82) is 0 Å². The molecule has 0 amide bonds. The molecule has 1 N–H and O–H groups in total. The monoisotopic (exact) mass is 388 g/mol. The van der Waals surface area contributed by atoms with E-state index in [0.29, 0.717) is 31.5 Å². The van der Waals surface area contributed by atoms with Gasteiger partial charge in [0.15, 0.2) is 0 Å². The summed E-state index contributed by atoms with van der Waals surface area (Å²) < 4.78 is 16.7. The maximum absolute atomic E-state index is 9.93. The number of pyridine rings is 1. The van der Waals surface area contributed by atoms with E-state index in [2.05, 4.69) is 20.1 Å². The van der Waals surface area contributed by atoms with Crippen molar-refractivity contribution in [3.63, 3.8) is 0 Å². The third kappa shape index (κ3) is 5.77. The van der Waals surface area contributed by atoms with Gasteiger partial charge in [0.05, 0.1) is 24.5 Å². The molecule has 28 heavy (non-hydrogen) atoms. The maximum Gasteiger partial charge on any atom is 0.238 e. The summed E-state index contributed by atoms with van der Waals surface area (Å²) in [5.74, 6) is 1.78. The first-order valence-corrected chi connectivity index (χ1v) is 9.43. The first-order chi connectivity index (χ1) is 13.3. The van der Waals surface area contributed by atoms with Crippen molar-refractivity contribution in [2.45, 2.75) is 39.8 Å². The van der Waals surface area contributed by atoms with E-state index in [1.54, 1.807) is 13.8 Å². The van der Waals surface area contributed by atoms with Gasteiger partial charge in [-0.25, -0.2) is 4.98 Å². The number of morpholine rings is 1. The summed E-state index contributed by atoms with van der Waals surface area (Å²) in [6.07, 6.45) is 0. The average Bonchev–Trinajstić information content (AvgIpc) is 2.98. The van der Waals surface area contributed by atoms with Crippen molar-refractivity contribution >= 4 is 11.6 Å². The minimum absolute atomic E-state index is 0.151. The van der Waals surface area contributed by atoms with Crippen LogP contribution >= 0.6 is 0 Å². The van der Waals surface area contributed by atoms with E-state index in [1.165, 1.54) is 0 Å². The van der Waals surface area contributed by atoms with E-state index in [9.17, 15) is 5.11 Å². The largest absolute Gasteiger partial charge is 0.475 e. The van der Waals surface area contributed by atoms with E-state index in [1.807, 2.05) is 32.0 Å². The Labute approximate surface area is 165 Å². The van der Waals surface area contributed by atoms with Crippen LogP contribution in [0.4, 0.5) is 11.6 Å². The van der Waals surface area contributed by atoms with Gasteiger partial charge in [0.2, 0.25) is 11.8 Å². The fourth-order valence-corrected chi connectivity index (χ4v) is 2.74. The Balaban J connectivity index is 1.77. The number of rotatable bonds is 7. The minimum Gasteiger partial charge on any atom is -0.475 e. The topological polar surface area (TPSA) is 92.7 Å². The predicted octanol–water partition coefficient (Wildman–Crippen LogP) is 3.56. The lowest BCUT2D eigenvalue weighted by Gasteiger charge is -2.29. The number of aliphatic hydroxyl groups is 1. The van der Waals surface area contributed by atoms with Gasteiger partial charge in [-0.2, -0.15) is 5.11 Å². The highest BCUT2D eigenvalue weighted by Gasteiger charge is 2.17. The molecule has 0 aliphatic carbocycles. The second-order valence-electron chi connectivity index (χ2n) is 7.58. The Kier molecular flexibility index (Phi) is 6.31. The molecule has 1 aliphatic rings. The number of furan rings is 1. The number of aromatic nitrogens is 1. The molecule has 0 spiro atoms. The van der Waals surface area contributed by atoms with Crippen LogP contribution in [0.15, 0.2) is 32.8 Å². The summed E-state index contributed by atoms with van der Waals surface area (Å²) in [5, 5.41) is 18.3. The first kappa shape index (κ1) is 20.3. The van der Waals surface area contributed by atoms with Crippen molar-refractivity contribution in [1.82, 2.24) is 4.98 Å². The molecule has 3 heterocycles. The SMILES string of the molecule is Cc1cc(N=NCc2cc(N3CCOCC3)cc(OCC(C)(C)O)n2)oc1C. The van der Waals surface area contributed by atoms with Gasteiger partial charge in [-0.05, 0) is 39.3 Å². The second kappa shape index (κ2) is 8.70. The molecule has 0 saturated carbocycles. The standard InChI is InChI=1S/C20H28N4O4/c1-14-9-19(28-15(14)2)23-21-12-16-10-17(24-5-7-26-8-6-24)11-18(22-16)27-13-20(3,4)25/h9-11,25H,5-8,12-13H2,1-4H3. The molecule has 8 nitrogen and oxygen atoms in total. The van der Waals surface area contributed by atoms with E-state index < -0.39 is 5.60 Å². The minimum atomic E-state index is -0.939. The fourth-order valence-electron chi connectivity index (χ4n) is 2.74. The van der Waals surface area contributed by atoms with Crippen LogP contribution in [-0.4, -0.2) is 48.6 Å². The van der Waals surface area contributed by atoms with Crippen molar-refractivity contribution in [2.75, 3.05) is 37.8 Å². The molecular formula is C20H28N4O4. The lowest BCUT2D eigenvalue weighted by Crippen LogP contribution is -2.36. The van der Waals surface area contributed by atoms with Crippen LogP contribution < -0.4 is 9.64 Å². The van der Waals surface area contributed by atoms with Gasteiger partial charge in [-0.1, -0.05) is 0 Å². The fraction of sp³-hybridized carbons (Fsp3) is 0.550. The summed E-state index contributed by atoms with van der Waals surface area (Å²) in [6, 6.07) is 5.73. The van der Waals surface area contributed by atoms with Gasteiger partial charge >= 0.3 is 0 Å². The van der Waals surface area contributed by atoms with Crippen molar-refractivity contribution in [2.24, 2.45) is 10.2 Å². The van der Waals surface area contributed by atoms with Crippen molar-refractivity contribution in [3.8, 4) is 5.88 Å². The highest BCUT2D eigenvalue weighted by molar-refractivity contribution is 5.50. The lowest BCUT2D eigenvalue weighted by atomic mass is 10.2. The lowest BCUT2D eigenvalue weighted by molar-refractivity contribution is 0.0268. The number of nitrogens with zero attached hydrogens (tertiary/aromatic N) is 4. The number of ether oxygens (including phenoxy) is 2. The average molecular weight is 388 g/mol. The van der Waals surface area contributed by atoms with Crippen LogP contribution in [0.1, 0.15) is 30.9 Å². The number of anilines is 1. The highest BCUT2D eigenvalue weighted by atomic mass is 16.5. The van der Waals surface area contributed by atoms with E-state index in [0.717, 1.165) is 35.8 Å². The van der Waals surface area contributed by atoms with Gasteiger partial charge < -0.3 is 23.9 Å². The predicted molar refractivity (Wildman–Crippen MR) is 105 cm³/mol. The maximum atomic E-state index is 9.93. The van der Waals surface area contributed by atoms with Gasteiger partial charge in [-0.3, -0.25) is 0 Å². The first-order valence-electron chi connectivity index (χ1n) is 9.43. The molecule has 1 fully saturated rings. The Bertz CT molecular complexity index is 801. The Morgan fingerprint density at radius 3 is 2.61 bits per heavy atom. The van der Waals surface area contributed by atoms with E-state index in [4.69, 9.17) is 13.9 Å². The Hall–Kier alpha value is -2.45. The normalized spacial score (nSPS) is 15.4. The molecule has 1 aliphatic heterocycles. The number of aryl methyl sites for hydroxylation is 2. The molecule has 2 aromatic heterocycles. The molecule has 0 radical (unpaired) electrons. The molecule has 0 bridgehead atoms. The van der Waals surface area contributed by atoms with E-state index in [-0.39, 0.29) is 6.61 Å². The molecular weight excluding hydrogens is 360 g/mol. The zero-order valence-electron chi connectivity index (χ0n) is 16.9. The van der Waals surface area contributed by atoms with Crippen molar-refractivity contribution in [3.05, 3.63) is 35.2 Å². The van der Waals surface area contributed by atoms with Crippen LogP contribution in [0.2, 0.25) is 0 Å². The molecule has 3 rings (SSSR count). The van der Waals surface area contributed by atoms with Crippen LogP contribution in [0.3, 0.4) is 0 Å². The van der Waals surface area contributed by atoms with Gasteiger partial charge in [0, 0.05) is 30.9 Å². The zero-order valence-corrected chi connectivity index (χ0v) is 16.9. The molecule has 8 heteroatoms. The molecule has 2 aromatic rings. The summed E-state index contributed by atoms with van der Waals surface area (Å²) in [5.41, 5.74) is 1.84. The van der Waals surface area contributed by atoms with Crippen LogP contribution in [0, 0.1) is 13.8 Å². The summed E-state index contributed by atoms with van der Waals surface area (Å²) in [6.45, 7) is 10.7. The zero-order chi connectivity index (χ0) is 20.1. The Morgan fingerprint density at radius 1 is 1.21 bits per heavy atom. The number of azo groups is 1. The summed E-state index contributed by atoms with van der Waals surface area (Å²) in [7, 11) is 0. The molecule has 0 aromatic carbocycles. The number of hydrogen-bond donors (Lipinski definition) is 1. The van der Waals surface area contributed by atoms with Gasteiger partial charge in [-0.15, -0.1) is 5.11 Å². The Morgan fingerprint density at radius 2 is 1.96 bits per heavy atom. The third-order valence-electron chi connectivity index (χ3n) is 4.34. The van der Waals surface area contributed by atoms with Crippen LogP contribution in [-0.2, 0) is 11.3 Å². The molecule has 1 saturated heterocycles. The molecule has 0 unspecified atom stereocenters. The number of hydrogen-bond acceptors (Lipinski definition) is 8.